The predicted molar refractivity (Wildman–Crippen MR) is 97.0 cm³/mol. The summed E-state index contributed by atoms with van der Waals surface area (Å²) in [7, 11) is 0. The summed E-state index contributed by atoms with van der Waals surface area (Å²) >= 11 is 17.3. The number of hydrogen-bond donors (Lipinski definition) is 1. The fraction of sp³-hybridized carbons (Fsp3) is 0.0625. The molecule has 1 N–H and O–H groups in total. The fourth-order valence-electron chi connectivity index (χ4n) is 2.10. The van der Waals surface area contributed by atoms with Gasteiger partial charge in [0, 0.05) is 16.1 Å². The van der Waals surface area contributed by atoms with Gasteiger partial charge in [-0.2, -0.15) is 14.9 Å². The number of halogens is 2. The molecule has 0 spiro atoms. The van der Waals surface area contributed by atoms with E-state index >= 15 is 0 Å². The number of aromatic nitrogens is 3. The Hall–Kier alpha value is -1.95. The first-order chi connectivity index (χ1) is 11.0. The van der Waals surface area contributed by atoms with Crippen molar-refractivity contribution in [3.8, 4) is 11.4 Å². The summed E-state index contributed by atoms with van der Waals surface area (Å²) in [6.45, 7) is 2.02. The maximum Gasteiger partial charge on any atom is 0.216 e. The molecule has 0 aliphatic carbocycles. The second-order valence-corrected chi connectivity index (χ2v) is 6.17. The molecule has 0 bridgehead atoms. The highest BCUT2D eigenvalue weighted by molar-refractivity contribution is 7.71. The van der Waals surface area contributed by atoms with Crippen LogP contribution in [0.5, 0.6) is 0 Å². The normalized spacial score (nSPS) is 11.3. The molecule has 0 fully saturated rings. The minimum Gasteiger partial charge on any atom is -0.250 e. The Morgan fingerprint density at radius 2 is 2.04 bits per heavy atom. The first-order valence-corrected chi connectivity index (χ1v) is 7.95. The van der Waals surface area contributed by atoms with Crippen molar-refractivity contribution in [1.29, 1.82) is 0 Å². The van der Waals surface area contributed by atoms with Gasteiger partial charge in [0.15, 0.2) is 5.82 Å². The lowest BCUT2D eigenvalue weighted by Gasteiger charge is -2.03. The third-order valence-electron chi connectivity index (χ3n) is 3.20. The topological polar surface area (TPSA) is 46.0 Å². The second kappa shape index (κ2) is 6.66. The number of nitrogens with zero attached hydrogens (tertiary/aromatic N) is 3. The van der Waals surface area contributed by atoms with E-state index in [2.05, 4.69) is 15.3 Å². The molecule has 4 nitrogen and oxygen atoms in total. The molecule has 0 aliphatic heterocycles. The van der Waals surface area contributed by atoms with Crippen molar-refractivity contribution in [3.63, 3.8) is 0 Å². The number of H-pyrrole nitrogens is 1. The first-order valence-electron chi connectivity index (χ1n) is 6.78. The van der Waals surface area contributed by atoms with Crippen LogP contribution in [0.25, 0.3) is 11.4 Å². The van der Waals surface area contributed by atoms with Gasteiger partial charge in [0.05, 0.1) is 11.2 Å². The molecule has 23 heavy (non-hydrogen) atoms. The van der Waals surface area contributed by atoms with Gasteiger partial charge in [-0.15, -0.1) is 0 Å². The molecule has 0 unspecified atom stereocenters. The van der Waals surface area contributed by atoms with Gasteiger partial charge in [-0.1, -0.05) is 53.0 Å². The lowest BCUT2D eigenvalue weighted by Crippen LogP contribution is -1.95. The third kappa shape index (κ3) is 3.52. The zero-order valence-electron chi connectivity index (χ0n) is 12.1. The van der Waals surface area contributed by atoms with Crippen LogP contribution in [-0.4, -0.2) is 21.1 Å². The molecular weight excluding hydrogens is 351 g/mol. The maximum absolute atomic E-state index is 6.15. The molecule has 0 atom stereocenters. The van der Waals surface area contributed by atoms with Crippen molar-refractivity contribution in [3.05, 3.63) is 68.4 Å². The van der Waals surface area contributed by atoms with Crippen LogP contribution in [-0.2, 0) is 0 Å². The average Bonchev–Trinajstić information content (AvgIpc) is 2.87. The molecule has 2 aromatic carbocycles. The molecule has 7 heteroatoms. The van der Waals surface area contributed by atoms with Crippen molar-refractivity contribution in [2.75, 3.05) is 0 Å². The highest BCUT2D eigenvalue weighted by Gasteiger charge is 2.08. The number of rotatable bonds is 3. The summed E-state index contributed by atoms with van der Waals surface area (Å²) in [6, 6.07) is 13.2. The minimum atomic E-state index is 0.405. The standard InChI is InChI=1S/C16H12Cl2N4S/c1-10-3-2-4-11(7-10)15-20-21-16(23)22(15)19-9-12-5-6-13(17)8-14(12)18/h2-9H,1H3,(H,21,23)/b19-9-. The highest BCUT2D eigenvalue weighted by Crippen LogP contribution is 2.21. The highest BCUT2D eigenvalue weighted by atomic mass is 35.5. The van der Waals surface area contributed by atoms with Crippen LogP contribution in [0.1, 0.15) is 11.1 Å². The van der Waals surface area contributed by atoms with Crippen LogP contribution < -0.4 is 0 Å². The first kappa shape index (κ1) is 15.9. The molecule has 1 heterocycles. The van der Waals surface area contributed by atoms with E-state index in [-0.39, 0.29) is 0 Å². The third-order valence-corrected chi connectivity index (χ3v) is 4.03. The summed E-state index contributed by atoms with van der Waals surface area (Å²) in [5.41, 5.74) is 2.80. The van der Waals surface area contributed by atoms with Crippen molar-refractivity contribution in [2.24, 2.45) is 5.10 Å². The number of nitrogens with one attached hydrogen (secondary N) is 1. The SMILES string of the molecule is Cc1cccc(-c2n[nH]c(=S)n2/N=C\c2ccc(Cl)cc2Cl)c1. The zero-order valence-corrected chi connectivity index (χ0v) is 14.5. The molecule has 0 amide bonds. The second-order valence-electron chi connectivity index (χ2n) is 4.94. The van der Waals surface area contributed by atoms with Crippen LogP contribution in [0.4, 0.5) is 0 Å². The van der Waals surface area contributed by atoms with E-state index in [1.807, 2.05) is 31.2 Å². The smallest absolute Gasteiger partial charge is 0.216 e. The van der Waals surface area contributed by atoms with Crippen molar-refractivity contribution in [1.82, 2.24) is 14.9 Å². The lowest BCUT2D eigenvalue weighted by atomic mass is 10.1. The zero-order chi connectivity index (χ0) is 16.4. The van der Waals surface area contributed by atoms with E-state index in [1.165, 1.54) is 0 Å². The molecule has 116 valence electrons. The maximum atomic E-state index is 6.15. The monoisotopic (exact) mass is 362 g/mol. The van der Waals surface area contributed by atoms with Crippen LogP contribution in [0, 0.1) is 11.7 Å². The molecule has 1 aromatic heterocycles. The quantitative estimate of drug-likeness (QED) is 0.520. The van der Waals surface area contributed by atoms with Crippen LogP contribution in [0.15, 0.2) is 47.6 Å². The Labute approximate surface area is 148 Å². The predicted octanol–water partition coefficient (Wildman–Crippen LogP) is 5.11. The Morgan fingerprint density at radius 1 is 1.22 bits per heavy atom. The number of benzene rings is 2. The van der Waals surface area contributed by atoms with E-state index in [0.29, 0.717) is 20.6 Å². The average molecular weight is 363 g/mol. The van der Waals surface area contributed by atoms with Gasteiger partial charge in [-0.25, -0.2) is 5.10 Å². The van der Waals surface area contributed by atoms with E-state index in [1.54, 1.807) is 29.1 Å². The number of aryl methyl sites for hydroxylation is 1. The summed E-state index contributed by atoms with van der Waals surface area (Å²) in [5.74, 6) is 0.639. The van der Waals surface area contributed by atoms with Gasteiger partial charge in [0.25, 0.3) is 0 Å². The summed E-state index contributed by atoms with van der Waals surface area (Å²) in [5, 5.41) is 12.5. The van der Waals surface area contributed by atoms with Crippen molar-refractivity contribution >= 4 is 41.6 Å². The Balaban J connectivity index is 2.02. The summed E-state index contributed by atoms with van der Waals surface area (Å²) in [4.78, 5) is 0. The number of hydrogen-bond acceptors (Lipinski definition) is 3. The molecule has 0 radical (unpaired) electrons. The number of aromatic amines is 1. The van der Waals surface area contributed by atoms with Gasteiger partial charge in [0.1, 0.15) is 0 Å². The van der Waals surface area contributed by atoms with E-state index in [9.17, 15) is 0 Å². The summed E-state index contributed by atoms with van der Waals surface area (Å²) < 4.78 is 1.97. The summed E-state index contributed by atoms with van der Waals surface area (Å²) in [6.07, 6.45) is 1.63. The van der Waals surface area contributed by atoms with E-state index in [4.69, 9.17) is 35.4 Å². The Kier molecular flexibility index (Phi) is 4.61. The minimum absolute atomic E-state index is 0.405. The largest absolute Gasteiger partial charge is 0.250 e. The Bertz CT molecular complexity index is 943. The molecular formula is C16H12Cl2N4S. The van der Waals surface area contributed by atoms with Gasteiger partial charge in [-0.05, 0) is 37.3 Å². The Morgan fingerprint density at radius 3 is 2.78 bits per heavy atom. The van der Waals surface area contributed by atoms with Gasteiger partial charge in [0.2, 0.25) is 4.77 Å². The lowest BCUT2D eigenvalue weighted by molar-refractivity contribution is 0.871. The van der Waals surface area contributed by atoms with Crippen LogP contribution in [0.3, 0.4) is 0 Å². The van der Waals surface area contributed by atoms with Gasteiger partial charge in [-0.3, -0.25) is 0 Å². The van der Waals surface area contributed by atoms with Crippen molar-refractivity contribution in [2.45, 2.75) is 6.92 Å². The van der Waals surface area contributed by atoms with E-state index in [0.717, 1.165) is 16.7 Å². The van der Waals surface area contributed by atoms with Crippen LogP contribution >= 0.6 is 35.4 Å². The molecule has 3 aromatic rings. The molecule has 0 saturated carbocycles. The van der Waals surface area contributed by atoms with Crippen LogP contribution in [0.2, 0.25) is 10.0 Å². The fourth-order valence-corrected chi connectivity index (χ4v) is 2.73. The molecule has 3 rings (SSSR count). The molecule has 0 saturated heterocycles. The molecule has 0 aliphatic rings. The van der Waals surface area contributed by atoms with Crippen molar-refractivity contribution < 1.29 is 0 Å². The van der Waals surface area contributed by atoms with Gasteiger partial charge < -0.3 is 0 Å². The van der Waals surface area contributed by atoms with Gasteiger partial charge >= 0.3 is 0 Å². The van der Waals surface area contributed by atoms with E-state index < -0.39 is 0 Å².